The van der Waals surface area contributed by atoms with Crippen molar-refractivity contribution in [1.29, 1.82) is 0 Å². The molecule has 3 amide bonds. The molecule has 0 atom stereocenters. The van der Waals surface area contributed by atoms with Gasteiger partial charge in [0, 0.05) is 17.8 Å². The van der Waals surface area contributed by atoms with Crippen LogP contribution in [0.3, 0.4) is 0 Å². The van der Waals surface area contributed by atoms with E-state index in [0.717, 1.165) is 12.1 Å². The second kappa shape index (κ2) is 7.98. The molecule has 0 spiro atoms. The minimum absolute atomic E-state index is 0.0144. The number of nitrogens with zero attached hydrogens (tertiary/aromatic N) is 3. The highest BCUT2D eigenvalue weighted by Gasteiger charge is 2.32. The van der Waals surface area contributed by atoms with E-state index in [1.807, 2.05) is 0 Å². The molecule has 4 rings (SSSR count). The molecule has 0 fully saturated rings. The van der Waals surface area contributed by atoms with Crippen LogP contribution in [0.15, 0.2) is 48.5 Å². The highest BCUT2D eigenvalue weighted by Crippen LogP contribution is 2.31. The Kier molecular flexibility index (Phi) is 5.33. The van der Waals surface area contributed by atoms with Crippen LogP contribution in [0.2, 0.25) is 0 Å². The van der Waals surface area contributed by atoms with E-state index >= 15 is 0 Å². The van der Waals surface area contributed by atoms with E-state index in [0.29, 0.717) is 11.3 Å². The molecule has 7 nitrogen and oxygen atoms in total. The van der Waals surface area contributed by atoms with Crippen molar-refractivity contribution in [2.45, 2.75) is 19.3 Å². The summed E-state index contributed by atoms with van der Waals surface area (Å²) in [6, 6.07) is 9.18. The maximum absolute atomic E-state index is 13.7. The van der Waals surface area contributed by atoms with E-state index in [4.69, 9.17) is 5.73 Å². The van der Waals surface area contributed by atoms with Gasteiger partial charge in [0.1, 0.15) is 11.5 Å². The molecule has 0 radical (unpaired) electrons. The van der Waals surface area contributed by atoms with Crippen LogP contribution in [-0.2, 0) is 19.3 Å². The lowest BCUT2D eigenvalue weighted by Crippen LogP contribution is -2.41. The van der Waals surface area contributed by atoms with Crippen LogP contribution in [0.1, 0.15) is 21.6 Å². The number of primary amides is 1. The molecule has 0 saturated carbocycles. The summed E-state index contributed by atoms with van der Waals surface area (Å²) in [6.07, 6.45) is -4.54. The summed E-state index contributed by atoms with van der Waals surface area (Å²) < 4.78 is 53.9. The van der Waals surface area contributed by atoms with Gasteiger partial charge in [0.25, 0.3) is 5.91 Å². The predicted octanol–water partition coefficient (Wildman–Crippen LogP) is 3.85. The monoisotopic (exact) mass is 447 g/mol. The van der Waals surface area contributed by atoms with Crippen LogP contribution in [0, 0.1) is 5.82 Å². The van der Waals surface area contributed by atoms with Crippen molar-refractivity contribution in [1.82, 2.24) is 14.7 Å². The van der Waals surface area contributed by atoms with E-state index in [2.05, 4.69) is 10.4 Å². The van der Waals surface area contributed by atoms with Gasteiger partial charge >= 0.3 is 12.2 Å². The first-order valence-corrected chi connectivity index (χ1v) is 9.52. The molecule has 11 heteroatoms. The fraction of sp³-hybridized carbons (Fsp3) is 0.190. The molecular formula is C21H17F4N5O2. The van der Waals surface area contributed by atoms with Crippen molar-refractivity contribution in [3.63, 3.8) is 0 Å². The molecule has 166 valence electrons. The van der Waals surface area contributed by atoms with Gasteiger partial charge in [-0.1, -0.05) is 18.2 Å². The Labute approximate surface area is 179 Å². The van der Waals surface area contributed by atoms with Crippen molar-refractivity contribution in [3.05, 3.63) is 71.2 Å². The number of carbonyl (C=O) groups is 2. The van der Waals surface area contributed by atoms with Gasteiger partial charge in [0.2, 0.25) is 0 Å². The lowest BCUT2D eigenvalue weighted by atomic mass is 10.0. The first-order chi connectivity index (χ1) is 15.1. The SMILES string of the molecule is NC(=O)c1c(-c2cccc(F)c2)nn2c1CN(C(=O)Nc1cccc(C(F)(F)F)c1)CC2. The largest absolute Gasteiger partial charge is 0.416 e. The fourth-order valence-corrected chi connectivity index (χ4v) is 3.56. The third-order valence-electron chi connectivity index (χ3n) is 5.05. The number of nitrogens with one attached hydrogen (secondary N) is 1. The fourth-order valence-electron chi connectivity index (χ4n) is 3.56. The van der Waals surface area contributed by atoms with Gasteiger partial charge in [-0.2, -0.15) is 18.3 Å². The summed E-state index contributed by atoms with van der Waals surface area (Å²) in [6.45, 7) is 0.368. The number of hydrogen-bond acceptors (Lipinski definition) is 3. The number of nitrogens with two attached hydrogens (primary N) is 1. The molecule has 1 aromatic heterocycles. The van der Waals surface area contributed by atoms with Gasteiger partial charge in [0.15, 0.2) is 0 Å². The van der Waals surface area contributed by atoms with Crippen molar-refractivity contribution in [3.8, 4) is 11.3 Å². The van der Waals surface area contributed by atoms with Crippen LogP contribution < -0.4 is 11.1 Å². The van der Waals surface area contributed by atoms with Gasteiger partial charge < -0.3 is 16.0 Å². The summed E-state index contributed by atoms with van der Waals surface area (Å²) >= 11 is 0. The minimum Gasteiger partial charge on any atom is -0.365 e. The van der Waals surface area contributed by atoms with Crippen molar-refractivity contribution >= 4 is 17.6 Å². The molecule has 0 saturated heterocycles. The Balaban J connectivity index is 1.60. The van der Waals surface area contributed by atoms with Crippen LogP contribution >= 0.6 is 0 Å². The number of carbonyl (C=O) groups excluding carboxylic acids is 2. The topological polar surface area (TPSA) is 93.2 Å². The van der Waals surface area contributed by atoms with Crippen LogP contribution in [0.5, 0.6) is 0 Å². The average molecular weight is 447 g/mol. The number of amides is 3. The second-order valence-corrected chi connectivity index (χ2v) is 7.20. The quantitative estimate of drug-likeness (QED) is 0.598. The lowest BCUT2D eigenvalue weighted by molar-refractivity contribution is -0.137. The van der Waals surface area contributed by atoms with Crippen LogP contribution in [0.4, 0.5) is 28.0 Å². The zero-order chi connectivity index (χ0) is 23.0. The Morgan fingerprint density at radius 2 is 1.81 bits per heavy atom. The third kappa shape index (κ3) is 4.13. The molecule has 0 bridgehead atoms. The number of benzene rings is 2. The maximum atomic E-state index is 13.7. The summed E-state index contributed by atoms with van der Waals surface area (Å²) in [7, 11) is 0. The average Bonchev–Trinajstić information content (AvgIpc) is 3.12. The Hall–Kier alpha value is -3.89. The Morgan fingerprint density at radius 3 is 2.50 bits per heavy atom. The number of fused-ring (bicyclic) bond motifs is 1. The van der Waals surface area contributed by atoms with E-state index in [1.165, 1.54) is 39.9 Å². The Morgan fingerprint density at radius 1 is 1.06 bits per heavy atom. The zero-order valence-corrected chi connectivity index (χ0v) is 16.5. The number of aromatic nitrogens is 2. The molecule has 32 heavy (non-hydrogen) atoms. The number of urea groups is 1. The first-order valence-electron chi connectivity index (χ1n) is 9.52. The summed E-state index contributed by atoms with van der Waals surface area (Å²) in [5.41, 5.74) is 5.64. The van der Waals surface area contributed by atoms with Crippen molar-refractivity contribution in [2.24, 2.45) is 5.73 Å². The highest BCUT2D eigenvalue weighted by molar-refractivity contribution is 6.00. The molecular weight excluding hydrogens is 430 g/mol. The van der Waals surface area contributed by atoms with E-state index in [1.54, 1.807) is 6.07 Å². The summed E-state index contributed by atoms with van der Waals surface area (Å²) in [5.74, 6) is -1.29. The molecule has 2 aromatic carbocycles. The smallest absolute Gasteiger partial charge is 0.365 e. The van der Waals surface area contributed by atoms with Gasteiger partial charge in [-0.15, -0.1) is 0 Å². The van der Waals surface area contributed by atoms with Gasteiger partial charge in [-0.3, -0.25) is 9.48 Å². The number of alkyl halides is 3. The Bertz CT molecular complexity index is 1210. The van der Waals surface area contributed by atoms with E-state index in [9.17, 15) is 27.2 Å². The summed E-state index contributed by atoms with van der Waals surface area (Å²) in [5, 5.41) is 6.81. The summed E-state index contributed by atoms with van der Waals surface area (Å²) in [4.78, 5) is 26.2. The molecule has 2 heterocycles. The number of halogens is 4. The molecule has 0 aliphatic carbocycles. The maximum Gasteiger partial charge on any atom is 0.416 e. The van der Waals surface area contributed by atoms with E-state index < -0.39 is 29.5 Å². The standard InChI is InChI=1S/C21H17F4N5O2/c22-14-5-1-3-12(9-14)18-17(19(26)31)16-11-29(7-8-30(16)28-18)20(32)27-15-6-2-4-13(10-15)21(23,24)25/h1-6,9-10H,7-8,11H2,(H2,26,31)(H,27,32). The van der Waals surface area contributed by atoms with Crippen LogP contribution in [-0.4, -0.2) is 33.2 Å². The lowest BCUT2D eigenvalue weighted by Gasteiger charge is -2.28. The zero-order valence-electron chi connectivity index (χ0n) is 16.5. The van der Waals surface area contributed by atoms with Crippen LogP contribution in [0.25, 0.3) is 11.3 Å². The normalized spacial score (nSPS) is 13.6. The number of anilines is 1. The van der Waals surface area contributed by atoms with E-state index in [-0.39, 0.29) is 36.6 Å². The van der Waals surface area contributed by atoms with Crippen molar-refractivity contribution < 1.29 is 27.2 Å². The van der Waals surface area contributed by atoms with Crippen molar-refractivity contribution in [2.75, 3.05) is 11.9 Å². The molecule has 1 aliphatic rings. The highest BCUT2D eigenvalue weighted by atomic mass is 19.4. The molecule has 1 aliphatic heterocycles. The molecule has 3 aromatic rings. The minimum atomic E-state index is -4.54. The molecule has 3 N–H and O–H groups in total. The molecule has 0 unspecified atom stereocenters. The predicted molar refractivity (Wildman–Crippen MR) is 107 cm³/mol. The second-order valence-electron chi connectivity index (χ2n) is 7.20. The van der Waals surface area contributed by atoms with Gasteiger partial charge in [-0.05, 0) is 30.3 Å². The number of rotatable bonds is 3. The van der Waals surface area contributed by atoms with Gasteiger partial charge in [0.05, 0.1) is 29.9 Å². The third-order valence-corrected chi connectivity index (χ3v) is 5.05. The number of hydrogen-bond donors (Lipinski definition) is 2. The first kappa shape index (κ1) is 21.3. The van der Waals surface area contributed by atoms with Gasteiger partial charge in [-0.25, -0.2) is 9.18 Å².